The predicted octanol–water partition coefficient (Wildman–Crippen LogP) is 2.97. The first-order valence-corrected chi connectivity index (χ1v) is 16.3. The van der Waals surface area contributed by atoms with E-state index in [9.17, 15) is 39.6 Å². The summed E-state index contributed by atoms with van der Waals surface area (Å²) in [6.07, 6.45) is -4.54. The number of nitrogens with two attached hydrogens (primary N) is 1. The molecular formula is C24H25Cl2F3N4O6S2. The first-order valence-electron chi connectivity index (χ1n) is 12.2. The van der Waals surface area contributed by atoms with E-state index in [-0.39, 0.29) is 63.6 Å². The number of alkyl halides is 3. The number of hydrogen-bond acceptors (Lipinski definition) is 7. The van der Waals surface area contributed by atoms with Gasteiger partial charge in [0.15, 0.2) is 9.84 Å². The summed E-state index contributed by atoms with van der Waals surface area (Å²) in [5.41, 5.74) is -4.03. The Bertz CT molecular complexity index is 1860. The summed E-state index contributed by atoms with van der Waals surface area (Å²) in [6, 6.07) is 4.42. The van der Waals surface area contributed by atoms with Crippen LogP contribution in [0.5, 0.6) is 0 Å². The number of H-pyrrole nitrogens is 1. The molecule has 1 saturated heterocycles. The quantitative estimate of drug-likeness (QED) is 0.378. The van der Waals surface area contributed by atoms with E-state index in [0.29, 0.717) is 17.1 Å². The smallest absolute Gasteiger partial charge is 0.305 e. The van der Waals surface area contributed by atoms with E-state index in [4.69, 9.17) is 28.3 Å². The van der Waals surface area contributed by atoms with Crippen LogP contribution in [0.15, 0.2) is 38.8 Å². The van der Waals surface area contributed by atoms with Crippen molar-refractivity contribution < 1.29 is 30.0 Å². The average molecular weight is 658 g/mol. The Balaban J connectivity index is 1.82. The standard InChI is InChI=1S/C24H25Cl2F3N4O6S2/c1-2-40(36,37)19-4-3-15(25)7-14(19)10-33-22(34)16-8-18(24(27,28)29)17(20(26)21(16)31-23(33)35)11-32-6-5-13(9-32)12-41(30,38)39/h3-4,7-8,13H,2,5-6,9-12H2,1H3,(H,31,35)(H2,30,38,39)/t13-/m1/s1. The van der Waals surface area contributed by atoms with Gasteiger partial charge in [-0.1, -0.05) is 30.1 Å². The van der Waals surface area contributed by atoms with Crippen molar-refractivity contribution in [3.63, 3.8) is 0 Å². The molecule has 1 aliphatic heterocycles. The van der Waals surface area contributed by atoms with Gasteiger partial charge >= 0.3 is 11.9 Å². The monoisotopic (exact) mass is 656 g/mol. The van der Waals surface area contributed by atoms with Crippen molar-refractivity contribution in [2.45, 2.75) is 37.5 Å². The SMILES string of the molecule is CCS(=O)(=O)c1ccc(Cl)cc1Cn1c(=O)[nH]c2c(Cl)c(CN3CC[C@@H](CS(N)(=O)=O)C3)c(C(F)(F)F)cc2c1=O. The maximum atomic E-state index is 14.2. The number of hydrogen-bond donors (Lipinski definition) is 2. The molecule has 3 N–H and O–H groups in total. The Labute approximate surface area is 242 Å². The van der Waals surface area contributed by atoms with Gasteiger partial charge < -0.3 is 4.98 Å². The number of aromatic amines is 1. The molecule has 0 aliphatic carbocycles. The van der Waals surface area contributed by atoms with E-state index >= 15 is 0 Å². The lowest BCUT2D eigenvalue weighted by Crippen LogP contribution is -2.36. The van der Waals surface area contributed by atoms with Gasteiger partial charge in [0.1, 0.15) is 0 Å². The molecule has 1 fully saturated rings. The van der Waals surface area contributed by atoms with Gasteiger partial charge in [-0.05, 0) is 54.3 Å². The van der Waals surface area contributed by atoms with Crippen molar-refractivity contribution in [2.24, 2.45) is 11.1 Å². The zero-order valence-corrected chi connectivity index (χ0v) is 24.6. The third kappa shape index (κ3) is 6.81. The van der Waals surface area contributed by atoms with E-state index in [1.54, 1.807) is 4.90 Å². The second kappa shape index (κ2) is 11.3. The second-order valence-electron chi connectivity index (χ2n) is 9.83. The van der Waals surface area contributed by atoms with E-state index in [1.807, 2.05) is 0 Å². The lowest BCUT2D eigenvalue weighted by molar-refractivity contribution is -0.138. The van der Waals surface area contributed by atoms with E-state index in [1.165, 1.54) is 25.1 Å². The zero-order chi connectivity index (χ0) is 30.5. The molecule has 3 aromatic rings. The van der Waals surface area contributed by atoms with E-state index in [2.05, 4.69) is 4.98 Å². The van der Waals surface area contributed by atoms with E-state index < -0.39 is 59.8 Å². The summed E-state index contributed by atoms with van der Waals surface area (Å²) in [4.78, 5) is 30.2. The molecule has 2 aromatic carbocycles. The van der Waals surface area contributed by atoms with Gasteiger partial charge in [-0.2, -0.15) is 13.2 Å². The van der Waals surface area contributed by atoms with Crippen LogP contribution in [0.25, 0.3) is 10.9 Å². The number of primary sulfonamides is 1. The highest BCUT2D eigenvalue weighted by molar-refractivity contribution is 7.91. The van der Waals surface area contributed by atoms with Gasteiger partial charge in [0.25, 0.3) is 5.56 Å². The Kier molecular flexibility index (Phi) is 8.71. The van der Waals surface area contributed by atoms with Crippen molar-refractivity contribution in [2.75, 3.05) is 24.6 Å². The number of fused-ring (bicyclic) bond motifs is 1. The molecule has 0 saturated carbocycles. The molecule has 17 heteroatoms. The molecule has 2 heterocycles. The van der Waals surface area contributed by atoms with Gasteiger partial charge in [-0.3, -0.25) is 14.3 Å². The highest BCUT2D eigenvalue weighted by Gasteiger charge is 2.37. The van der Waals surface area contributed by atoms with Crippen molar-refractivity contribution in [3.8, 4) is 0 Å². The molecule has 1 aliphatic rings. The van der Waals surface area contributed by atoms with Crippen LogP contribution in [0.1, 0.15) is 30.0 Å². The number of rotatable bonds is 8. The van der Waals surface area contributed by atoms with Crippen LogP contribution >= 0.6 is 23.2 Å². The maximum absolute atomic E-state index is 14.2. The van der Waals surface area contributed by atoms with Crippen LogP contribution in [0.4, 0.5) is 13.2 Å². The highest BCUT2D eigenvalue weighted by atomic mass is 35.5. The third-order valence-electron chi connectivity index (χ3n) is 6.91. The summed E-state index contributed by atoms with van der Waals surface area (Å²) in [5.74, 6) is -0.974. The summed E-state index contributed by atoms with van der Waals surface area (Å²) in [7, 11) is -7.57. The molecule has 41 heavy (non-hydrogen) atoms. The highest BCUT2D eigenvalue weighted by Crippen LogP contribution is 2.39. The largest absolute Gasteiger partial charge is 0.416 e. The van der Waals surface area contributed by atoms with Crippen molar-refractivity contribution in [3.05, 3.63) is 71.8 Å². The number of halogens is 5. The number of nitrogens with one attached hydrogen (secondary N) is 1. The molecule has 0 bridgehead atoms. The Morgan fingerprint density at radius 2 is 1.78 bits per heavy atom. The van der Waals surface area contributed by atoms with Crippen LogP contribution in [0.2, 0.25) is 10.0 Å². The fourth-order valence-corrected chi connectivity index (χ4v) is 7.53. The number of sulfonamides is 1. The summed E-state index contributed by atoms with van der Waals surface area (Å²) >= 11 is 12.4. The van der Waals surface area contributed by atoms with Crippen molar-refractivity contribution >= 4 is 54.0 Å². The zero-order valence-electron chi connectivity index (χ0n) is 21.5. The lowest BCUT2D eigenvalue weighted by Gasteiger charge is -2.22. The van der Waals surface area contributed by atoms with Gasteiger partial charge in [0.2, 0.25) is 10.0 Å². The minimum absolute atomic E-state index is 0.00754. The van der Waals surface area contributed by atoms with Crippen molar-refractivity contribution in [1.29, 1.82) is 0 Å². The summed E-state index contributed by atoms with van der Waals surface area (Å²) < 4.78 is 91.3. The number of aromatic nitrogens is 2. The molecule has 0 amide bonds. The first-order chi connectivity index (χ1) is 18.9. The number of benzene rings is 2. The van der Waals surface area contributed by atoms with Crippen LogP contribution in [0.3, 0.4) is 0 Å². The number of nitrogens with zero attached hydrogens (tertiary/aromatic N) is 2. The second-order valence-corrected chi connectivity index (χ2v) is 14.6. The molecule has 1 aromatic heterocycles. The summed E-state index contributed by atoms with van der Waals surface area (Å²) in [5, 5.41) is 4.21. The van der Waals surface area contributed by atoms with Crippen LogP contribution < -0.4 is 16.4 Å². The number of likely N-dealkylation sites (tertiary alicyclic amines) is 1. The normalized spacial score (nSPS) is 17.0. The molecule has 0 unspecified atom stereocenters. The average Bonchev–Trinajstić information content (AvgIpc) is 3.28. The van der Waals surface area contributed by atoms with Crippen LogP contribution in [-0.2, 0) is 39.1 Å². The van der Waals surface area contributed by atoms with Crippen LogP contribution in [0, 0.1) is 5.92 Å². The molecule has 224 valence electrons. The van der Waals surface area contributed by atoms with E-state index in [0.717, 1.165) is 0 Å². The minimum Gasteiger partial charge on any atom is -0.305 e. The van der Waals surface area contributed by atoms with Gasteiger partial charge in [0.05, 0.1) is 44.4 Å². The summed E-state index contributed by atoms with van der Waals surface area (Å²) in [6.45, 7) is 0.939. The van der Waals surface area contributed by atoms with Gasteiger partial charge in [-0.15, -0.1) is 0 Å². The van der Waals surface area contributed by atoms with Gasteiger partial charge in [-0.25, -0.2) is 26.8 Å². The van der Waals surface area contributed by atoms with Crippen LogP contribution in [-0.4, -0.2) is 55.9 Å². The third-order valence-corrected chi connectivity index (χ3v) is 10.3. The Morgan fingerprint density at radius 3 is 2.39 bits per heavy atom. The van der Waals surface area contributed by atoms with Gasteiger partial charge in [0, 0.05) is 18.1 Å². The Morgan fingerprint density at radius 1 is 1.10 bits per heavy atom. The minimum atomic E-state index is -4.93. The lowest BCUT2D eigenvalue weighted by atomic mass is 10.0. The van der Waals surface area contributed by atoms with Crippen molar-refractivity contribution in [1.82, 2.24) is 14.5 Å². The molecule has 1 atom stereocenters. The molecule has 0 spiro atoms. The molecular weight excluding hydrogens is 632 g/mol. The number of sulfone groups is 1. The maximum Gasteiger partial charge on any atom is 0.416 e. The molecule has 0 radical (unpaired) electrons. The predicted molar refractivity (Wildman–Crippen MR) is 148 cm³/mol. The molecule has 10 nitrogen and oxygen atoms in total. The first kappa shape index (κ1) is 31.5. The fourth-order valence-electron chi connectivity index (χ4n) is 4.99. The Hall–Kier alpha value is -2.43. The topological polar surface area (TPSA) is 152 Å². The fraction of sp³-hybridized carbons (Fsp3) is 0.417. The molecule has 4 rings (SSSR count).